The van der Waals surface area contributed by atoms with Gasteiger partial charge in [0.2, 0.25) is 5.43 Å². The molecule has 0 radical (unpaired) electrons. The maximum atomic E-state index is 13.3. The van der Waals surface area contributed by atoms with Crippen LogP contribution >= 0.6 is 15.9 Å². The van der Waals surface area contributed by atoms with Gasteiger partial charge in [-0.2, -0.15) is 0 Å². The second kappa shape index (κ2) is 10.5. The van der Waals surface area contributed by atoms with Gasteiger partial charge < -0.3 is 14.6 Å². The Morgan fingerprint density at radius 1 is 0.971 bits per heavy atom. The molecule has 172 valence electrons. The van der Waals surface area contributed by atoms with Crippen molar-refractivity contribution in [2.24, 2.45) is 0 Å². The SMILES string of the molecule is COC(=O)C(Cc1ccccc1)NC(=O)c1cn(Cc2ccccc2)c2ccc(Br)cc2c1=O. The van der Waals surface area contributed by atoms with Gasteiger partial charge in [-0.05, 0) is 29.3 Å². The Morgan fingerprint density at radius 3 is 2.26 bits per heavy atom. The summed E-state index contributed by atoms with van der Waals surface area (Å²) < 4.78 is 7.50. The fraction of sp³-hybridized carbons (Fsp3) is 0.148. The number of halogens is 1. The van der Waals surface area contributed by atoms with E-state index in [2.05, 4.69) is 21.2 Å². The number of ether oxygens (including phenoxy) is 1. The number of nitrogens with zero attached hydrogens (tertiary/aromatic N) is 1. The van der Waals surface area contributed by atoms with Crippen LogP contribution in [0.25, 0.3) is 10.9 Å². The van der Waals surface area contributed by atoms with Crippen molar-refractivity contribution in [3.05, 3.63) is 116 Å². The van der Waals surface area contributed by atoms with Crippen molar-refractivity contribution in [1.29, 1.82) is 0 Å². The molecule has 4 rings (SSSR count). The minimum Gasteiger partial charge on any atom is -0.467 e. The van der Waals surface area contributed by atoms with Gasteiger partial charge in [-0.1, -0.05) is 76.6 Å². The summed E-state index contributed by atoms with van der Waals surface area (Å²) >= 11 is 3.42. The van der Waals surface area contributed by atoms with E-state index in [0.29, 0.717) is 17.4 Å². The van der Waals surface area contributed by atoms with Gasteiger partial charge in [0.15, 0.2) is 0 Å². The number of amides is 1. The molecular weight excluding hydrogens is 496 g/mol. The third-order valence-electron chi connectivity index (χ3n) is 5.56. The second-order valence-corrected chi connectivity index (χ2v) is 8.80. The summed E-state index contributed by atoms with van der Waals surface area (Å²) in [6, 6.07) is 23.6. The molecule has 7 heteroatoms. The van der Waals surface area contributed by atoms with Crippen molar-refractivity contribution >= 4 is 38.7 Å². The first-order valence-electron chi connectivity index (χ1n) is 10.8. The van der Waals surface area contributed by atoms with Crippen LogP contribution in [-0.2, 0) is 22.5 Å². The number of pyridine rings is 1. The molecule has 34 heavy (non-hydrogen) atoms. The van der Waals surface area contributed by atoms with Crippen LogP contribution in [0.4, 0.5) is 0 Å². The third kappa shape index (κ3) is 5.26. The highest BCUT2D eigenvalue weighted by Gasteiger charge is 2.25. The molecular formula is C27H23BrN2O4. The molecule has 6 nitrogen and oxygen atoms in total. The van der Waals surface area contributed by atoms with Crippen molar-refractivity contribution in [3.8, 4) is 0 Å². The maximum Gasteiger partial charge on any atom is 0.328 e. The number of carbonyl (C=O) groups excluding carboxylic acids is 2. The lowest BCUT2D eigenvalue weighted by Crippen LogP contribution is -2.44. The summed E-state index contributed by atoms with van der Waals surface area (Å²) in [7, 11) is 1.27. The molecule has 0 aliphatic rings. The fourth-order valence-corrected chi connectivity index (χ4v) is 4.22. The molecule has 0 saturated heterocycles. The number of fused-ring (bicyclic) bond motifs is 1. The normalized spacial score (nSPS) is 11.7. The van der Waals surface area contributed by atoms with Gasteiger partial charge in [-0.15, -0.1) is 0 Å². The van der Waals surface area contributed by atoms with E-state index < -0.39 is 23.3 Å². The molecule has 1 amide bonds. The fourth-order valence-electron chi connectivity index (χ4n) is 3.86. The van der Waals surface area contributed by atoms with Crippen LogP contribution in [0.5, 0.6) is 0 Å². The number of carbonyl (C=O) groups is 2. The first-order valence-corrected chi connectivity index (χ1v) is 11.5. The molecule has 0 spiro atoms. The Morgan fingerprint density at radius 2 is 1.62 bits per heavy atom. The zero-order chi connectivity index (χ0) is 24.1. The molecule has 3 aromatic carbocycles. The van der Waals surface area contributed by atoms with E-state index in [-0.39, 0.29) is 12.0 Å². The number of aromatic nitrogens is 1. The highest BCUT2D eigenvalue weighted by Crippen LogP contribution is 2.19. The molecule has 1 atom stereocenters. The molecule has 0 fully saturated rings. The minimum atomic E-state index is -0.930. The summed E-state index contributed by atoms with van der Waals surface area (Å²) in [5.41, 5.74) is 2.16. The zero-order valence-corrected chi connectivity index (χ0v) is 20.1. The van der Waals surface area contributed by atoms with Gasteiger partial charge >= 0.3 is 5.97 Å². The molecule has 1 N–H and O–H groups in total. The lowest BCUT2D eigenvalue weighted by Gasteiger charge is -2.18. The quantitative estimate of drug-likeness (QED) is 0.369. The lowest BCUT2D eigenvalue weighted by molar-refractivity contribution is -0.142. The molecule has 1 unspecified atom stereocenters. The summed E-state index contributed by atoms with van der Waals surface area (Å²) in [6.45, 7) is 0.476. The van der Waals surface area contributed by atoms with Gasteiger partial charge in [0, 0.05) is 29.0 Å². The number of benzene rings is 3. The van der Waals surface area contributed by atoms with Crippen LogP contribution in [0.3, 0.4) is 0 Å². The first-order chi connectivity index (χ1) is 16.5. The van der Waals surface area contributed by atoms with Gasteiger partial charge in [-0.25, -0.2) is 4.79 Å². The molecule has 0 aliphatic heterocycles. The number of rotatable bonds is 7. The van der Waals surface area contributed by atoms with E-state index >= 15 is 0 Å². The molecule has 0 bridgehead atoms. The molecule has 4 aromatic rings. The smallest absolute Gasteiger partial charge is 0.328 e. The van der Waals surface area contributed by atoms with E-state index in [1.54, 1.807) is 12.3 Å². The largest absolute Gasteiger partial charge is 0.467 e. The summed E-state index contributed by atoms with van der Waals surface area (Å²) in [5, 5.41) is 3.12. The van der Waals surface area contributed by atoms with E-state index in [1.807, 2.05) is 77.4 Å². The summed E-state index contributed by atoms with van der Waals surface area (Å²) in [6.07, 6.45) is 1.80. The van der Waals surface area contributed by atoms with Crippen LogP contribution < -0.4 is 10.7 Å². The summed E-state index contributed by atoms with van der Waals surface area (Å²) in [4.78, 5) is 39.0. The molecule has 1 heterocycles. The lowest BCUT2D eigenvalue weighted by atomic mass is 10.0. The number of methoxy groups -OCH3 is 1. The molecule has 0 aliphatic carbocycles. The Labute approximate surface area is 205 Å². The Balaban J connectivity index is 1.73. The average Bonchev–Trinajstić information content (AvgIpc) is 2.86. The van der Waals surface area contributed by atoms with E-state index in [0.717, 1.165) is 15.6 Å². The summed E-state index contributed by atoms with van der Waals surface area (Å²) in [5.74, 6) is -1.20. The van der Waals surface area contributed by atoms with Crippen LogP contribution in [0, 0.1) is 0 Å². The Bertz CT molecular complexity index is 1380. The second-order valence-electron chi connectivity index (χ2n) is 7.89. The van der Waals surface area contributed by atoms with E-state index in [9.17, 15) is 14.4 Å². The minimum absolute atomic E-state index is 0.0384. The number of hydrogen-bond donors (Lipinski definition) is 1. The van der Waals surface area contributed by atoms with Gasteiger partial charge in [-0.3, -0.25) is 9.59 Å². The first kappa shape index (κ1) is 23.4. The zero-order valence-electron chi connectivity index (χ0n) is 18.5. The Hall–Kier alpha value is -3.71. The number of esters is 1. The predicted octanol–water partition coefficient (Wildman–Crippen LogP) is 4.33. The van der Waals surface area contributed by atoms with Crippen molar-refractivity contribution in [1.82, 2.24) is 9.88 Å². The molecule has 0 saturated carbocycles. The van der Waals surface area contributed by atoms with Crippen molar-refractivity contribution < 1.29 is 14.3 Å². The van der Waals surface area contributed by atoms with Gasteiger partial charge in [0.1, 0.15) is 11.6 Å². The third-order valence-corrected chi connectivity index (χ3v) is 6.05. The highest BCUT2D eigenvalue weighted by molar-refractivity contribution is 9.10. The topological polar surface area (TPSA) is 77.4 Å². The van der Waals surface area contributed by atoms with E-state index in [4.69, 9.17) is 4.74 Å². The highest BCUT2D eigenvalue weighted by atomic mass is 79.9. The van der Waals surface area contributed by atoms with Crippen molar-refractivity contribution in [3.63, 3.8) is 0 Å². The number of nitrogens with one attached hydrogen (secondary N) is 1. The van der Waals surface area contributed by atoms with Gasteiger partial charge in [0.05, 0.1) is 12.6 Å². The van der Waals surface area contributed by atoms with Crippen LogP contribution in [0.15, 0.2) is 94.3 Å². The van der Waals surface area contributed by atoms with Crippen molar-refractivity contribution in [2.45, 2.75) is 19.0 Å². The predicted molar refractivity (Wildman–Crippen MR) is 135 cm³/mol. The Kier molecular flexibility index (Phi) is 7.23. The van der Waals surface area contributed by atoms with Crippen LogP contribution in [0.2, 0.25) is 0 Å². The van der Waals surface area contributed by atoms with Crippen LogP contribution in [0.1, 0.15) is 21.5 Å². The maximum absolute atomic E-state index is 13.3. The van der Waals surface area contributed by atoms with Crippen molar-refractivity contribution in [2.75, 3.05) is 7.11 Å². The van der Waals surface area contributed by atoms with E-state index in [1.165, 1.54) is 7.11 Å². The standard InChI is InChI=1S/C27H23BrN2O4/c1-34-27(33)23(14-18-8-4-2-5-9-18)29-26(32)22-17-30(16-19-10-6-3-7-11-19)24-13-12-20(28)15-21(24)25(22)31/h2-13,15,17,23H,14,16H2,1H3,(H,29,32). The average molecular weight is 519 g/mol. The molecule has 1 aromatic heterocycles. The monoisotopic (exact) mass is 518 g/mol. The van der Waals surface area contributed by atoms with Gasteiger partial charge in [0.25, 0.3) is 5.91 Å². The number of hydrogen-bond acceptors (Lipinski definition) is 4. The van der Waals surface area contributed by atoms with Crippen LogP contribution in [-0.4, -0.2) is 29.6 Å².